The maximum absolute atomic E-state index is 12.7. The number of benzene rings is 2. The number of carbonyl (C=O) groups excluding carboxylic acids is 3. The molecule has 1 aromatic heterocycles. The molecule has 1 aliphatic rings. The van der Waals surface area contributed by atoms with Crippen LogP contribution in [0.2, 0.25) is 0 Å². The van der Waals surface area contributed by atoms with E-state index in [1.165, 1.54) is 16.7 Å². The van der Waals surface area contributed by atoms with Gasteiger partial charge in [0.1, 0.15) is 13.1 Å². The van der Waals surface area contributed by atoms with Crippen molar-refractivity contribution in [3.63, 3.8) is 0 Å². The van der Waals surface area contributed by atoms with Gasteiger partial charge in [-0.3, -0.25) is 19.3 Å². The zero-order valence-corrected chi connectivity index (χ0v) is 17.5. The molecule has 0 bridgehead atoms. The van der Waals surface area contributed by atoms with E-state index < -0.39 is 0 Å². The Balaban J connectivity index is 1.40. The highest BCUT2D eigenvalue weighted by atomic mass is 32.2. The van der Waals surface area contributed by atoms with E-state index in [4.69, 9.17) is 4.42 Å². The number of nitrogens with zero attached hydrogens (tertiary/aromatic N) is 4. The summed E-state index contributed by atoms with van der Waals surface area (Å²) in [6.45, 7) is 1.45. The third-order valence-corrected chi connectivity index (χ3v) is 5.38. The molecule has 0 unspecified atom stereocenters. The lowest BCUT2D eigenvalue weighted by Gasteiger charge is -2.34. The summed E-state index contributed by atoms with van der Waals surface area (Å²) < 4.78 is 5.61. The minimum Gasteiger partial charge on any atom is -0.414 e. The Morgan fingerprint density at radius 2 is 1.77 bits per heavy atom. The predicted molar refractivity (Wildman–Crippen MR) is 116 cm³/mol. The van der Waals surface area contributed by atoms with Crippen LogP contribution in [0.4, 0.5) is 17.1 Å². The molecule has 0 saturated heterocycles. The lowest BCUT2D eigenvalue weighted by atomic mass is 10.1. The number of hydrogen-bond donors (Lipinski definition) is 1. The fraction of sp³-hybridized carbons (Fsp3) is 0.190. The highest BCUT2D eigenvalue weighted by molar-refractivity contribution is 7.99. The van der Waals surface area contributed by atoms with Crippen LogP contribution in [0.3, 0.4) is 0 Å². The van der Waals surface area contributed by atoms with Crippen molar-refractivity contribution in [3.8, 4) is 0 Å². The number of fused-ring (bicyclic) bond motifs is 1. The van der Waals surface area contributed by atoms with Gasteiger partial charge in [0, 0.05) is 12.6 Å². The van der Waals surface area contributed by atoms with Crippen LogP contribution in [-0.2, 0) is 20.9 Å². The van der Waals surface area contributed by atoms with Crippen molar-refractivity contribution in [3.05, 3.63) is 60.5 Å². The number of anilines is 3. The van der Waals surface area contributed by atoms with Crippen molar-refractivity contribution in [2.45, 2.75) is 18.7 Å². The molecule has 0 saturated carbocycles. The van der Waals surface area contributed by atoms with Gasteiger partial charge in [-0.15, -0.1) is 10.2 Å². The van der Waals surface area contributed by atoms with Crippen molar-refractivity contribution < 1.29 is 18.8 Å². The van der Waals surface area contributed by atoms with Crippen LogP contribution in [0, 0.1) is 0 Å². The molecule has 2 heterocycles. The summed E-state index contributed by atoms with van der Waals surface area (Å²) in [5.74, 6) is -0.296. The number of hydrogen-bond acceptors (Lipinski definition) is 7. The van der Waals surface area contributed by atoms with Crippen LogP contribution in [0.15, 0.2) is 64.2 Å². The first-order valence-corrected chi connectivity index (χ1v) is 10.5. The SMILES string of the molecule is CC(=O)N1CC(=O)N(Cc2nnc(SCC(=O)Nc3ccccc3)o2)c2ccccc21. The van der Waals surface area contributed by atoms with Crippen LogP contribution in [0.1, 0.15) is 12.8 Å². The second-order valence-corrected chi connectivity index (χ2v) is 7.66. The van der Waals surface area contributed by atoms with Crippen molar-refractivity contribution in [1.29, 1.82) is 0 Å². The molecule has 3 amide bonds. The number of para-hydroxylation sites is 3. The summed E-state index contributed by atoms with van der Waals surface area (Å²) in [5.41, 5.74) is 1.96. The molecule has 158 valence electrons. The van der Waals surface area contributed by atoms with Crippen LogP contribution >= 0.6 is 11.8 Å². The highest BCUT2D eigenvalue weighted by Gasteiger charge is 2.32. The first kappa shape index (κ1) is 20.6. The summed E-state index contributed by atoms with van der Waals surface area (Å²) in [6.07, 6.45) is 0. The first-order valence-electron chi connectivity index (χ1n) is 9.49. The summed E-state index contributed by atoms with van der Waals surface area (Å²) in [4.78, 5) is 39.6. The van der Waals surface area contributed by atoms with Gasteiger partial charge in [0.05, 0.1) is 17.1 Å². The minimum absolute atomic E-state index is 0.0538. The van der Waals surface area contributed by atoms with Gasteiger partial charge in [-0.25, -0.2) is 0 Å². The Hall–Kier alpha value is -3.66. The average Bonchev–Trinajstić information content (AvgIpc) is 3.22. The van der Waals surface area contributed by atoms with Gasteiger partial charge in [0.2, 0.25) is 23.6 Å². The molecule has 4 rings (SSSR count). The van der Waals surface area contributed by atoms with Crippen molar-refractivity contribution >= 4 is 46.5 Å². The third-order valence-electron chi connectivity index (χ3n) is 4.56. The maximum Gasteiger partial charge on any atom is 0.277 e. The fourth-order valence-corrected chi connectivity index (χ4v) is 3.74. The Labute approximate surface area is 182 Å². The van der Waals surface area contributed by atoms with Crippen molar-refractivity contribution in [2.24, 2.45) is 0 Å². The van der Waals surface area contributed by atoms with Gasteiger partial charge in [-0.2, -0.15) is 0 Å². The molecule has 2 aromatic carbocycles. The number of thioether (sulfide) groups is 1. The van der Waals surface area contributed by atoms with E-state index in [0.717, 1.165) is 11.8 Å². The van der Waals surface area contributed by atoms with Crippen LogP contribution in [0.25, 0.3) is 0 Å². The van der Waals surface area contributed by atoms with E-state index in [1.54, 1.807) is 30.3 Å². The molecule has 3 aromatic rings. The summed E-state index contributed by atoms with van der Waals surface area (Å²) in [7, 11) is 0. The standard InChI is InChI=1S/C21H19N5O4S/c1-14(27)25-12-20(29)26(17-10-6-5-9-16(17)25)11-19-23-24-21(30-19)31-13-18(28)22-15-7-3-2-4-8-15/h2-10H,11-13H2,1H3,(H,22,28). The third kappa shape index (κ3) is 4.75. The Morgan fingerprint density at radius 1 is 1.06 bits per heavy atom. The van der Waals surface area contributed by atoms with Gasteiger partial charge >= 0.3 is 0 Å². The smallest absolute Gasteiger partial charge is 0.277 e. The van der Waals surface area contributed by atoms with Crippen molar-refractivity contribution in [2.75, 3.05) is 27.4 Å². The summed E-state index contributed by atoms with van der Waals surface area (Å²) in [5, 5.41) is 11.0. The van der Waals surface area contributed by atoms with Crippen LogP contribution < -0.4 is 15.1 Å². The summed E-state index contributed by atoms with van der Waals surface area (Å²) in [6, 6.07) is 16.3. The zero-order chi connectivity index (χ0) is 21.8. The van der Waals surface area contributed by atoms with E-state index in [2.05, 4.69) is 15.5 Å². The zero-order valence-electron chi connectivity index (χ0n) is 16.6. The van der Waals surface area contributed by atoms with Gasteiger partial charge in [0.15, 0.2) is 0 Å². The molecule has 0 aliphatic carbocycles. The number of aromatic nitrogens is 2. The second kappa shape index (κ2) is 9.00. The first-order chi connectivity index (χ1) is 15.0. The molecule has 1 N–H and O–H groups in total. The Morgan fingerprint density at radius 3 is 2.52 bits per heavy atom. The largest absolute Gasteiger partial charge is 0.414 e. The molecule has 1 aliphatic heterocycles. The number of nitrogens with one attached hydrogen (secondary N) is 1. The quantitative estimate of drug-likeness (QED) is 0.591. The lowest BCUT2D eigenvalue weighted by molar-refractivity contribution is -0.122. The predicted octanol–water partition coefficient (Wildman–Crippen LogP) is 2.70. The molecule has 10 heteroatoms. The molecular formula is C21H19N5O4S. The number of carbonyl (C=O) groups is 3. The van der Waals surface area contributed by atoms with E-state index in [-0.39, 0.29) is 47.7 Å². The Bertz CT molecular complexity index is 1120. The second-order valence-electron chi connectivity index (χ2n) is 6.74. The molecule has 9 nitrogen and oxygen atoms in total. The van der Waals surface area contributed by atoms with Crippen LogP contribution in [-0.4, -0.2) is 40.2 Å². The van der Waals surface area contributed by atoms with Crippen molar-refractivity contribution in [1.82, 2.24) is 10.2 Å². The van der Waals surface area contributed by atoms with Gasteiger partial charge < -0.3 is 14.6 Å². The topological polar surface area (TPSA) is 109 Å². The lowest BCUT2D eigenvalue weighted by Crippen LogP contribution is -2.47. The molecule has 0 fully saturated rings. The van der Waals surface area contributed by atoms with Gasteiger partial charge in [-0.05, 0) is 24.3 Å². The fourth-order valence-electron chi connectivity index (χ4n) is 3.16. The number of amides is 3. The summed E-state index contributed by atoms with van der Waals surface area (Å²) >= 11 is 1.11. The highest BCUT2D eigenvalue weighted by Crippen LogP contribution is 2.34. The Kier molecular flexibility index (Phi) is 5.99. The van der Waals surface area contributed by atoms with E-state index in [9.17, 15) is 14.4 Å². The van der Waals surface area contributed by atoms with E-state index in [0.29, 0.717) is 17.1 Å². The van der Waals surface area contributed by atoms with E-state index in [1.807, 2.05) is 24.3 Å². The monoisotopic (exact) mass is 437 g/mol. The minimum atomic E-state index is -0.247. The maximum atomic E-state index is 12.7. The normalized spacial score (nSPS) is 13.1. The average molecular weight is 437 g/mol. The van der Waals surface area contributed by atoms with Gasteiger partial charge in [-0.1, -0.05) is 42.1 Å². The molecule has 0 atom stereocenters. The number of rotatable bonds is 6. The molecule has 0 radical (unpaired) electrons. The van der Waals surface area contributed by atoms with Gasteiger partial charge in [0.25, 0.3) is 5.22 Å². The molecule has 31 heavy (non-hydrogen) atoms. The molecule has 0 spiro atoms. The molecular weight excluding hydrogens is 418 g/mol. The van der Waals surface area contributed by atoms with Crippen LogP contribution in [0.5, 0.6) is 0 Å². The van der Waals surface area contributed by atoms with E-state index >= 15 is 0 Å².